The molecule has 6 nitrogen and oxygen atoms in total. The van der Waals surface area contributed by atoms with E-state index in [9.17, 15) is 9.18 Å². The molecule has 1 aliphatic carbocycles. The Labute approximate surface area is 188 Å². The van der Waals surface area contributed by atoms with Crippen LogP contribution in [0.25, 0.3) is 11.1 Å². The number of aromatic nitrogens is 2. The van der Waals surface area contributed by atoms with Crippen molar-refractivity contribution in [1.29, 1.82) is 0 Å². The maximum atomic E-state index is 14.0. The van der Waals surface area contributed by atoms with E-state index in [0.29, 0.717) is 12.2 Å². The van der Waals surface area contributed by atoms with Crippen LogP contribution < -0.4 is 11.1 Å². The monoisotopic (exact) mass is 484 g/mol. The maximum absolute atomic E-state index is 14.0. The van der Waals surface area contributed by atoms with Gasteiger partial charge in [0, 0.05) is 28.0 Å². The van der Waals surface area contributed by atoms with Crippen LogP contribution in [0, 0.1) is 5.95 Å². The van der Waals surface area contributed by atoms with Crippen LogP contribution >= 0.6 is 15.9 Å². The average Bonchev–Trinajstić information content (AvgIpc) is 3.21. The second-order valence-corrected chi connectivity index (χ2v) is 8.40. The molecule has 31 heavy (non-hydrogen) atoms. The Morgan fingerprint density at radius 3 is 2.81 bits per heavy atom. The molecule has 0 aliphatic heterocycles. The number of carbonyl (C=O) groups excluding carboxylic acids is 1. The Morgan fingerprint density at radius 1 is 1.23 bits per heavy atom. The first-order chi connectivity index (χ1) is 15.0. The number of carbonyl (C=O) groups is 1. The zero-order valence-corrected chi connectivity index (χ0v) is 18.3. The molecule has 160 valence electrons. The standard InChI is InChI=1S/C23H22BrFN4O2/c24-16-8-6-14(7-9-16)13-31-20-5-1-4-19(20)29-23(30)18-11-15(12-28-22(18)26)17-3-2-10-27-21(17)25/h2-3,6-12,19-20H,1,4-5,13H2,(H2,26,28)(H,29,30)/t19-,20-/m0/s1. The van der Waals surface area contributed by atoms with Crippen LogP contribution in [0.5, 0.6) is 0 Å². The fourth-order valence-corrected chi connectivity index (χ4v) is 3.99. The van der Waals surface area contributed by atoms with Crippen molar-refractivity contribution in [2.24, 2.45) is 0 Å². The molecule has 1 aliphatic rings. The third-order valence-corrected chi connectivity index (χ3v) is 5.91. The predicted molar refractivity (Wildman–Crippen MR) is 120 cm³/mol. The van der Waals surface area contributed by atoms with Crippen LogP contribution in [0.3, 0.4) is 0 Å². The van der Waals surface area contributed by atoms with E-state index in [-0.39, 0.29) is 35.0 Å². The molecule has 2 atom stereocenters. The Balaban J connectivity index is 1.45. The lowest BCUT2D eigenvalue weighted by molar-refractivity contribution is 0.0272. The second kappa shape index (κ2) is 9.53. The predicted octanol–water partition coefficient (Wildman–Crippen LogP) is 4.50. The van der Waals surface area contributed by atoms with Gasteiger partial charge in [-0.05, 0) is 55.2 Å². The highest BCUT2D eigenvalue weighted by Crippen LogP contribution is 2.26. The molecule has 0 saturated heterocycles. The van der Waals surface area contributed by atoms with Gasteiger partial charge in [0.25, 0.3) is 5.91 Å². The van der Waals surface area contributed by atoms with E-state index in [1.165, 1.54) is 12.4 Å². The number of rotatable bonds is 6. The van der Waals surface area contributed by atoms with Gasteiger partial charge in [-0.3, -0.25) is 4.79 Å². The first kappa shape index (κ1) is 21.4. The van der Waals surface area contributed by atoms with E-state index in [4.69, 9.17) is 10.5 Å². The van der Waals surface area contributed by atoms with Gasteiger partial charge < -0.3 is 15.8 Å². The minimum absolute atomic E-state index is 0.0827. The van der Waals surface area contributed by atoms with Gasteiger partial charge >= 0.3 is 0 Å². The first-order valence-corrected chi connectivity index (χ1v) is 10.8. The van der Waals surface area contributed by atoms with E-state index < -0.39 is 5.95 Å². The van der Waals surface area contributed by atoms with Crippen LogP contribution in [0.15, 0.2) is 59.3 Å². The van der Waals surface area contributed by atoms with Crippen molar-refractivity contribution in [3.05, 3.63) is 76.4 Å². The van der Waals surface area contributed by atoms with Crippen molar-refractivity contribution in [2.75, 3.05) is 5.73 Å². The average molecular weight is 485 g/mol. The van der Waals surface area contributed by atoms with Gasteiger partial charge in [-0.2, -0.15) is 4.39 Å². The number of nitrogens with one attached hydrogen (secondary N) is 1. The molecule has 1 amide bonds. The number of nitrogens with two attached hydrogens (primary N) is 1. The number of benzene rings is 1. The number of halogens is 2. The minimum atomic E-state index is -0.627. The molecule has 8 heteroatoms. The van der Waals surface area contributed by atoms with E-state index in [2.05, 4.69) is 31.2 Å². The highest BCUT2D eigenvalue weighted by atomic mass is 79.9. The zero-order valence-electron chi connectivity index (χ0n) is 16.7. The Kier molecular flexibility index (Phi) is 6.58. The van der Waals surface area contributed by atoms with Gasteiger partial charge in [0.2, 0.25) is 5.95 Å². The molecule has 2 aromatic heterocycles. The topological polar surface area (TPSA) is 90.1 Å². The molecule has 0 bridgehead atoms. The maximum Gasteiger partial charge on any atom is 0.255 e. The molecule has 1 fully saturated rings. The number of amides is 1. The van der Waals surface area contributed by atoms with Gasteiger partial charge in [-0.1, -0.05) is 28.1 Å². The quantitative estimate of drug-likeness (QED) is 0.502. The third kappa shape index (κ3) is 5.08. The molecule has 3 aromatic rings. The number of ether oxygens (including phenoxy) is 1. The van der Waals surface area contributed by atoms with E-state index in [1.54, 1.807) is 18.2 Å². The molecule has 0 radical (unpaired) electrons. The number of anilines is 1. The van der Waals surface area contributed by atoms with Crippen LogP contribution in [-0.2, 0) is 11.3 Å². The fourth-order valence-electron chi connectivity index (χ4n) is 3.73. The van der Waals surface area contributed by atoms with Crippen molar-refractivity contribution in [2.45, 2.75) is 38.0 Å². The van der Waals surface area contributed by atoms with E-state index in [0.717, 1.165) is 29.3 Å². The summed E-state index contributed by atoms with van der Waals surface area (Å²) in [5.41, 5.74) is 7.93. The van der Waals surface area contributed by atoms with Crippen molar-refractivity contribution < 1.29 is 13.9 Å². The lowest BCUT2D eigenvalue weighted by Gasteiger charge is -2.22. The summed E-state index contributed by atoms with van der Waals surface area (Å²) in [6, 6.07) is 12.6. The number of hydrogen-bond donors (Lipinski definition) is 2. The molecule has 0 unspecified atom stereocenters. The molecule has 3 N–H and O–H groups in total. The van der Waals surface area contributed by atoms with Gasteiger partial charge in [-0.15, -0.1) is 0 Å². The fraction of sp³-hybridized carbons (Fsp3) is 0.261. The van der Waals surface area contributed by atoms with Crippen molar-refractivity contribution >= 4 is 27.7 Å². The molecule has 2 heterocycles. The molecule has 1 saturated carbocycles. The number of nitrogen functional groups attached to an aromatic ring is 1. The summed E-state index contributed by atoms with van der Waals surface area (Å²) in [6.45, 7) is 0.476. The van der Waals surface area contributed by atoms with E-state index in [1.807, 2.05) is 24.3 Å². The normalized spacial score (nSPS) is 18.1. The van der Waals surface area contributed by atoms with Crippen LogP contribution in [0.4, 0.5) is 10.2 Å². The van der Waals surface area contributed by atoms with Gasteiger partial charge in [0.15, 0.2) is 0 Å². The summed E-state index contributed by atoms with van der Waals surface area (Å²) in [4.78, 5) is 20.7. The van der Waals surface area contributed by atoms with Gasteiger partial charge in [-0.25, -0.2) is 9.97 Å². The molecule has 1 aromatic carbocycles. The summed E-state index contributed by atoms with van der Waals surface area (Å²) >= 11 is 3.42. The summed E-state index contributed by atoms with van der Waals surface area (Å²) in [5, 5.41) is 3.02. The van der Waals surface area contributed by atoms with Gasteiger partial charge in [0.1, 0.15) is 5.82 Å². The van der Waals surface area contributed by atoms with E-state index >= 15 is 0 Å². The molecule has 4 rings (SSSR count). The Bertz CT molecular complexity index is 1080. The Morgan fingerprint density at radius 2 is 2.03 bits per heavy atom. The van der Waals surface area contributed by atoms with Crippen molar-refractivity contribution in [3.8, 4) is 11.1 Å². The van der Waals surface area contributed by atoms with Crippen LogP contribution in [0.1, 0.15) is 35.2 Å². The van der Waals surface area contributed by atoms with Crippen LogP contribution in [-0.4, -0.2) is 28.0 Å². The lowest BCUT2D eigenvalue weighted by atomic mass is 10.1. The minimum Gasteiger partial charge on any atom is -0.383 e. The second-order valence-electron chi connectivity index (χ2n) is 7.49. The summed E-state index contributed by atoms with van der Waals surface area (Å²) in [5.74, 6) is -0.881. The number of nitrogens with zero attached hydrogens (tertiary/aromatic N) is 2. The SMILES string of the molecule is Nc1ncc(-c2cccnc2F)cc1C(=O)N[C@H]1CCC[C@@H]1OCc1ccc(Br)cc1. The lowest BCUT2D eigenvalue weighted by Crippen LogP contribution is -2.41. The summed E-state index contributed by atoms with van der Waals surface area (Å²) in [6.07, 6.45) is 5.38. The molecule has 0 spiro atoms. The smallest absolute Gasteiger partial charge is 0.255 e. The summed E-state index contributed by atoms with van der Waals surface area (Å²) < 4.78 is 21.1. The highest BCUT2D eigenvalue weighted by molar-refractivity contribution is 9.10. The Hall–Kier alpha value is -2.84. The molecular weight excluding hydrogens is 463 g/mol. The highest BCUT2D eigenvalue weighted by Gasteiger charge is 2.30. The van der Waals surface area contributed by atoms with Crippen LogP contribution in [0.2, 0.25) is 0 Å². The largest absolute Gasteiger partial charge is 0.383 e. The first-order valence-electron chi connectivity index (χ1n) is 10.0. The number of pyridine rings is 2. The van der Waals surface area contributed by atoms with Crippen molar-refractivity contribution in [3.63, 3.8) is 0 Å². The number of hydrogen-bond acceptors (Lipinski definition) is 5. The molecular formula is C23H22BrFN4O2. The van der Waals surface area contributed by atoms with Gasteiger partial charge in [0.05, 0.1) is 24.3 Å². The summed E-state index contributed by atoms with van der Waals surface area (Å²) in [7, 11) is 0. The zero-order chi connectivity index (χ0) is 21.8. The third-order valence-electron chi connectivity index (χ3n) is 5.38. The van der Waals surface area contributed by atoms with Crippen molar-refractivity contribution in [1.82, 2.24) is 15.3 Å².